The van der Waals surface area contributed by atoms with Crippen LogP contribution in [-0.4, -0.2) is 32.3 Å². The number of nitrogens with zero attached hydrogens (tertiary/aromatic N) is 1. The highest BCUT2D eigenvalue weighted by Gasteiger charge is 2.25. The second kappa shape index (κ2) is 8.07. The predicted octanol–water partition coefficient (Wildman–Crippen LogP) is 2.88. The number of hydrogen-bond donors (Lipinski definition) is 2. The lowest BCUT2D eigenvalue weighted by Gasteiger charge is -2.22. The fourth-order valence-electron chi connectivity index (χ4n) is 2.54. The number of carbonyl (C=O) groups is 2. The number of amides is 3. The van der Waals surface area contributed by atoms with E-state index in [1.54, 1.807) is 18.2 Å². The largest absolute Gasteiger partial charge is 0.455 e. The van der Waals surface area contributed by atoms with Gasteiger partial charge in [0, 0.05) is 17.7 Å². The SMILES string of the molecule is COCNC(=O)CNC(=O)N1Cc2ccccc2Oc2ccc(Cl)cc21. The highest BCUT2D eigenvalue weighted by molar-refractivity contribution is 6.31. The molecule has 136 valence electrons. The van der Waals surface area contributed by atoms with Crippen molar-refractivity contribution in [1.29, 1.82) is 0 Å². The molecular formula is C18H18ClN3O4. The van der Waals surface area contributed by atoms with Gasteiger partial charge in [-0.2, -0.15) is 0 Å². The smallest absolute Gasteiger partial charge is 0.322 e. The number of fused-ring (bicyclic) bond motifs is 2. The molecule has 0 radical (unpaired) electrons. The van der Waals surface area contributed by atoms with Crippen molar-refractivity contribution in [2.45, 2.75) is 6.54 Å². The Kier molecular flexibility index (Phi) is 5.60. The summed E-state index contributed by atoms with van der Waals surface area (Å²) in [5.41, 5.74) is 1.38. The third-order valence-electron chi connectivity index (χ3n) is 3.79. The number of methoxy groups -OCH3 is 1. The first kappa shape index (κ1) is 18.0. The number of hydrogen-bond acceptors (Lipinski definition) is 4. The van der Waals surface area contributed by atoms with E-state index in [2.05, 4.69) is 10.6 Å². The number of urea groups is 1. The van der Waals surface area contributed by atoms with E-state index < -0.39 is 6.03 Å². The van der Waals surface area contributed by atoms with Crippen LogP contribution in [0.2, 0.25) is 5.02 Å². The van der Waals surface area contributed by atoms with Crippen LogP contribution in [0.5, 0.6) is 11.5 Å². The number of carbonyl (C=O) groups excluding carboxylic acids is 2. The molecule has 2 aromatic carbocycles. The third kappa shape index (κ3) is 4.07. The lowest BCUT2D eigenvalue weighted by Crippen LogP contribution is -2.44. The van der Waals surface area contributed by atoms with Crippen molar-refractivity contribution in [2.75, 3.05) is 25.3 Å². The van der Waals surface area contributed by atoms with Crippen LogP contribution in [0.3, 0.4) is 0 Å². The van der Waals surface area contributed by atoms with E-state index in [4.69, 9.17) is 21.1 Å². The van der Waals surface area contributed by atoms with Crippen LogP contribution < -0.4 is 20.3 Å². The van der Waals surface area contributed by atoms with Crippen LogP contribution >= 0.6 is 11.6 Å². The van der Waals surface area contributed by atoms with E-state index in [-0.39, 0.29) is 25.7 Å². The van der Waals surface area contributed by atoms with E-state index in [9.17, 15) is 9.59 Å². The zero-order valence-electron chi connectivity index (χ0n) is 14.1. The minimum atomic E-state index is -0.429. The second-order valence-corrected chi connectivity index (χ2v) is 6.04. The Bertz CT molecular complexity index is 828. The van der Waals surface area contributed by atoms with Crippen molar-refractivity contribution >= 4 is 29.2 Å². The molecule has 3 rings (SSSR count). The summed E-state index contributed by atoms with van der Waals surface area (Å²) in [6.45, 7) is 0.199. The quantitative estimate of drug-likeness (QED) is 0.805. The Balaban J connectivity index is 1.84. The highest BCUT2D eigenvalue weighted by atomic mass is 35.5. The molecule has 1 heterocycles. The van der Waals surface area contributed by atoms with Crippen LogP contribution in [0.4, 0.5) is 10.5 Å². The maximum atomic E-state index is 12.7. The second-order valence-electron chi connectivity index (χ2n) is 5.60. The Hall–Kier alpha value is -2.77. The molecule has 0 atom stereocenters. The Labute approximate surface area is 155 Å². The number of benzene rings is 2. The molecule has 0 saturated heterocycles. The molecule has 0 fully saturated rings. The minimum absolute atomic E-state index is 0.0814. The van der Waals surface area contributed by atoms with Crippen molar-refractivity contribution in [1.82, 2.24) is 10.6 Å². The molecule has 2 aromatic rings. The molecule has 2 N–H and O–H groups in total. The van der Waals surface area contributed by atoms with Gasteiger partial charge >= 0.3 is 6.03 Å². The molecule has 0 unspecified atom stereocenters. The predicted molar refractivity (Wildman–Crippen MR) is 97.6 cm³/mol. The molecular weight excluding hydrogens is 358 g/mol. The molecule has 0 spiro atoms. The average molecular weight is 376 g/mol. The summed E-state index contributed by atoms with van der Waals surface area (Å²) >= 11 is 6.10. The fourth-order valence-corrected chi connectivity index (χ4v) is 2.71. The molecule has 0 aromatic heterocycles. The number of anilines is 1. The van der Waals surface area contributed by atoms with E-state index in [1.807, 2.05) is 24.3 Å². The zero-order valence-corrected chi connectivity index (χ0v) is 14.9. The average Bonchev–Trinajstić information content (AvgIpc) is 2.81. The highest BCUT2D eigenvalue weighted by Crippen LogP contribution is 2.40. The Morgan fingerprint density at radius 3 is 2.81 bits per heavy atom. The van der Waals surface area contributed by atoms with Gasteiger partial charge in [0.1, 0.15) is 12.5 Å². The molecule has 0 bridgehead atoms. The summed E-state index contributed by atoms with van der Waals surface area (Å²) in [7, 11) is 1.47. The fraction of sp³-hybridized carbons (Fsp3) is 0.222. The van der Waals surface area contributed by atoms with Crippen LogP contribution in [0.1, 0.15) is 5.56 Å². The van der Waals surface area contributed by atoms with E-state index in [0.29, 0.717) is 22.2 Å². The van der Waals surface area contributed by atoms with Crippen LogP contribution in [0.15, 0.2) is 42.5 Å². The maximum absolute atomic E-state index is 12.7. The number of nitrogens with one attached hydrogen (secondary N) is 2. The number of ether oxygens (including phenoxy) is 2. The Morgan fingerprint density at radius 1 is 1.19 bits per heavy atom. The first-order valence-corrected chi connectivity index (χ1v) is 8.32. The van der Waals surface area contributed by atoms with Gasteiger partial charge in [0.2, 0.25) is 5.91 Å². The van der Waals surface area contributed by atoms with Gasteiger partial charge in [-0.05, 0) is 24.3 Å². The lowest BCUT2D eigenvalue weighted by molar-refractivity contribution is -0.121. The van der Waals surface area contributed by atoms with Crippen LogP contribution in [0, 0.1) is 0 Å². The lowest BCUT2D eigenvalue weighted by atomic mass is 10.2. The van der Waals surface area contributed by atoms with Gasteiger partial charge in [0.25, 0.3) is 0 Å². The summed E-state index contributed by atoms with van der Waals surface area (Å²) in [4.78, 5) is 25.9. The summed E-state index contributed by atoms with van der Waals surface area (Å²) in [5.74, 6) is 0.834. The van der Waals surface area contributed by atoms with E-state index in [0.717, 1.165) is 5.56 Å². The molecule has 8 heteroatoms. The van der Waals surface area contributed by atoms with Gasteiger partial charge in [0.05, 0.1) is 18.8 Å². The zero-order chi connectivity index (χ0) is 18.5. The van der Waals surface area contributed by atoms with Crippen molar-refractivity contribution < 1.29 is 19.1 Å². The summed E-state index contributed by atoms with van der Waals surface area (Å²) < 4.78 is 10.7. The first-order chi connectivity index (χ1) is 12.6. The van der Waals surface area contributed by atoms with Crippen molar-refractivity contribution in [3.05, 3.63) is 53.1 Å². The number of para-hydroxylation sites is 1. The summed E-state index contributed by atoms with van der Waals surface area (Å²) in [5, 5.41) is 5.59. The van der Waals surface area contributed by atoms with Gasteiger partial charge in [-0.25, -0.2) is 4.79 Å². The van der Waals surface area contributed by atoms with Crippen molar-refractivity contribution in [2.24, 2.45) is 0 Å². The summed E-state index contributed by atoms with van der Waals surface area (Å²) in [6, 6.07) is 12.1. The summed E-state index contributed by atoms with van der Waals surface area (Å²) in [6.07, 6.45) is 0. The van der Waals surface area contributed by atoms with Gasteiger partial charge < -0.3 is 20.1 Å². The van der Waals surface area contributed by atoms with Gasteiger partial charge in [-0.15, -0.1) is 0 Å². The van der Waals surface area contributed by atoms with E-state index >= 15 is 0 Å². The number of rotatable bonds is 4. The molecule has 0 saturated carbocycles. The Morgan fingerprint density at radius 2 is 2.00 bits per heavy atom. The van der Waals surface area contributed by atoms with Gasteiger partial charge in [-0.1, -0.05) is 29.8 Å². The molecule has 1 aliphatic heterocycles. The van der Waals surface area contributed by atoms with Crippen LogP contribution in [0.25, 0.3) is 0 Å². The van der Waals surface area contributed by atoms with Crippen molar-refractivity contribution in [3.63, 3.8) is 0 Å². The van der Waals surface area contributed by atoms with Gasteiger partial charge in [0.15, 0.2) is 5.75 Å². The number of halogens is 1. The van der Waals surface area contributed by atoms with E-state index in [1.165, 1.54) is 12.0 Å². The molecule has 7 nitrogen and oxygen atoms in total. The molecule has 3 amide bonds. The molecule has 0 aliphatic carbocycles. The maximum Gasteiger partial charge on any atom is 0.322 e. The normalized spacial score (nSPS) is 12.3. The molecule has 26 heavy (non-hydrogen) atoms. The van der Waals surface area contributed by atoms with Crippen LogP contribution in [-0.2, 0) is 16.1 Å². The van der Waals surface area contributed by atoms with Gasteiger partial charge in [-0.3, -0.25) is 9.69 Å². The standard InChI is InChI=1S/C18H18ClN3O4/c1-25-11-21-17(23)9-20-18(24)22-10-12-4-2-3-5-15(12)26-16-7-6-13(19)8-14(16)22/h2-8H,9-11H2,1H3,(H,20,24)(H,21,23). The minimum Gasteiger partial charge on any atom is -0.455 e. The molecule has 1 aliphatic rings. The topological polar surface area (TPSA) is 79.9 Å². The monoisotopic (exact) mass is 375 g/mol. The third-order valence-corrected chi connectivity index (χ3v) is 4.03. The first-order valence-electron chi connectivity index (χ1n) is 7.95. The van der Waals surface area contributed by atoms with Crippen molar-refractivity contribution in [3.8, 4) is 11.5 Å².